The third-order valence-corrected chi connectivity index (χ3v) is 5.74. The molecule has 3 aromatic rings. The van der Waals surface area contributed by atoms with Gasteiger partial charge in [0.25, 0.3) is 5.91 Å². The van der Waals surface area contributed by atoms with Crippen LogP contribution in [0.15, 0.2) is 53.4 Å². The van der Waals surface area contributed by atoms with Crippen LogP contribution in [0, 0.1) is 0 Å². The number of nitrogens with zero attached hydrogens (tertiary/aromatic N) is 2. The molecule has 1 heterocycles. The Labute approximate surface area is 165 Å². The fourth-order valence-corrected chi connectivity index (χ4v) is 4.07. The predicted molar refractivity (Wildman–Crippen MR) is 103 cm³/mol. The molecule has 3 rings (SSSR count). The van der Waals surface area contributed by atoms with E-state index in [0.29, 0.717) is 16.7 Å². The highest BCUT2D eigenvalue weighted by atomic mass is 32.2. The largest absolute Gasteiger partial charge is 0.454 e. The van der Waals surface area contributed by atoms with Gasteiger partial charge in [-0.25, -0.2) is 8.42 Å². The molecular weight excluding hydrogens is 404 g/mol. The summed E-state index contributed by atoms with van der Waals surface area (Å²) in [4.78, 5) is 24.1. The Bertz CT molecular complexity index is 1100. The van der Waals surface area contributed by atoms with Gasteiger partial charge in [-0.15, -0.1) is 0 Å². The van der Waals surface area contributed by atoms with Crippen LogP contribution < -0.4 is 10.0 Å². The van der Waals surface area contributed by atoms with Gasteiger partial charge in [0.1, 0.15) is 17.1 Å². The molecule has 11 heteroatoms. The number of carbonyl (C=O) groups excluding carboxylic acids is 2. The second kappa shape index (κ2) is 8.42. The van der Waals surface area contributed by atoms with Crippen molar-refractivity contribution in [1.29, 1.82) is 0 Å². The number of carbonyl (C=O) groups is 2. The number of sulfonamides is 1. The van der Waals surface area contributed by atoms with Crippen LogP contribution in [0.2, 0.25) is 0 Å². The number of rotatable bonds is 7. The van der Waals surface area contributed by atoms with Gasteiger partial charge < -0.3 is 10.1 Å². The Kier molecular flexibility index (Phi) is 5.97. The van der Waals surface area contributed by atoms with Crippen molar-refractivity contribution in [3.05, 3.63) is 48.5 Å². The third kappa shape index (κ3) is 4.68. The molecule has 0 saturated carbocycles. The molecule has 1 amide bonds. The highest BCUT2D eigenvalue weighted by Gasteiger charge is 2.23. The van der Waals surface area contributed by atoms with Crippen molar-refractivity contribution in [2.75, 3.05) is 11.9 Å². The van der Waals surface area contributed by atoms with Gasteiger partial charge in [0.15, 0.2) is 6.61 Å². The van der Waals surface area contributed by atoms with Gasteiger partial charge in [0, 0.05) is 0 Å². The van der Waals surface area contributed by atoms with Gasteiger partial charge in [-0.3, -0.25) is 9.59 Å². The highest BCUT2D eigenvalue weighted by Crippen LogP contribution is 2.20. The van der Waals surface area contributed by atoms with E-state index in [4.69, 9.17) is 4.74 Å². The van der Waals surface area contributed by atoms with E-state index in [-0.39, 0.29) is 4.90 Å². The molecule has 1 unspecified atom stereocenters. The van der Waals surface area contributed by atoms with E-state index in [2.05, 4.69) is 18.8 Å². The molecule has 1 atom stereocenters. The minimum Gasteiger partial charge on any atom is -0.454 e. The van der Waals surface area contributed by atoms with Crippen molar-refractivity contribution in [2.24, 2.45) is 0 Å². The summed E-state index contributed by atoms with van der Waals surface area (Å²) < 4.78 is 39.7. The van der Waals surface area contributed by atoms with E-state index < -0.39 is 34.5 Å². The summed E-state index contributed by atoms with van der Waals surface area (Å²) in [6, 6.07) is 11.6. The summed E-state index contributed by atoms with van der Waals surface area (Å²) in [7, 11) is -3.87. The zero-order chi connectivity index (χ0) is 20.1. The number of aromatic nitrogens is 2. The van der Waals surface area contributed by atoms with Crippen LogP contribution in [0.5, 0.6) is 0 Å². The minimum atomic E-state index is -3.87. The summed E-state index contributed by atoms with van der Waals surface area (Å²) in [6.07, 6.45) is 0. The Morgan fingerprint density at radius 2 is 1.86 bits per heavy atom. The van der Waals surface area contributed by atoms with Crippen molar-refractivity contribution < 1.29 is 22.7 Å². The lowest BCUT2D eigenvalue weighted by Crippen LogP contribution is -2.40. The van der Waals surface area contributed by atoms with Crippen molar-refractivity contribution in [3.8, 4) is 0 Å². The van der Waals surface area contributed by atoms with Crippen LogP contribution in [0.4, 0.5) is 5.69 Å². The second-order valence-corrected chi connectivity index (χ2v) is 7.99. The third-order valence-electron chi connectivity index (χ3n) is 3.64. The second-order valence-electron chi connectivity index (χ2n) is 5.75. The average Bonchev–Trinajstić information content (AvgIpc) is 3.16. The Morgan fingerprint density at radius 1 is 1.11 bits per heavy atom. The van der Waals surface area contributed by atoms with Crippen LogP contribution in [0.3, 0.4) is 0 Å². The molecule has 1 aromatic heterocycles. The molecule has 0 aliphatic heterocycles. The summed E-state index contributed by atoms with van der Waals surface area (Å²) in [5, 5.41) is 2.59. The van der Waals surface area contributed by atoms with Crippen LogP contribution in [0.25, 0.3) is 11.0 Å². The lowest BCUT2D eigenvalue weighted by molar-refractivity contribution is -0.148. The van der Waals surface area contributed by atoms with Crippen molar-refractivity contribution in [1.82, 2.24) is 13.5 Å². The first-order valence-corrected chi connectivity index (χ1v) is 10.3. The fraction of sp³-hybridized carbons (Fsp3) is 0.176. The monoisotopic (exact) mass is 420 g/mol. The SMILES string of the molecule is CC(NS(=O)(=O)c1ccccc1)C(=O)OCC(=O)Nc1cccc2nsnc12. The van der Waals surface area contributed by atoms with E-state index in [0.717, 1.165) is 11.7 Å². The van der Waals surface area contributed by atoms with Crippen LogP contribution in [0.1, 0.15) is 6.92 Å². The molecule has 9 nitrogen and oxygen atoms in total. The number of esters is 1. The molecule has 0 bridgehead atoms. The molecule has 0 saturated heterocycles. The van der Waals surface area contributed by atoms with Crippen LogP contribution >= 0.6 is 11.7 Å². The van der Waals surface area contributed by atoms with Gasteiger partial charge in [0.05, 0.1) is 22.3 Å². The summed E-state index contributed by atoms with van der Waals surface area (Å²) in [6.45, 7) is 0.770. The zero-order valence-corrected chi connectivity index (χ0v) is 16.3. The molecule has 0 fully saturated rings. The molecule has 0 aliphatic carbocycles. The van der Waals surface area contributed by atoms with Gasteiger partial charge in [-0.2, -0.15) is 13.5 Å². The van der Waals surface area contributed by atoms with Crippen LogP contribution in [-0.2, 0) is 24.3 Å². The van der Waals surface area contributed by atoms with Gasteiger partial charge in [-0.05, 0) is 31.2 Å². The molecule has 2 N–H and O–H groups in total. The van der Waals surface area contributed by atoms with Crippen molar-refractivity contribution in [3.63, 3.8) is 0 Å². The molecule has 28 heavy (non-hydrogen) atoms. The molecule has 146 valence electrons. The minimum absolute atomic E-state index is 0.0253. The number of fused-ring (bicyclic) bond motifs is 1. The Balaban J connectivity index is 1.54. The zero-order valence-electron chi connectivity index (χ0n) is 14.7. The maximum atomic E-state index is 12.2. The number of ether oxygens (including phenoxy) is 1. The summed E-state index contributed by atoms with van der Waals surface area (Å²) >= 11 is 1.02. The van der Waals surface area contributed by atoms with E-state index in [1.807, 2.05) is 0 Å². The van der Waals surface area contributed by atoms with Gasteiger partial charge in [0.2, 0.25) is 10.0 Å². The van der Waals surface area contributed by atoms with E-state index >= 15 is 0 Å². The molecule has 2 aromatic carbocycles. The van der Waals surface area contributed by atoms with E-state index in [1.54, 1.807) is 36.4 Å². The van der Waals surface area contributed by atoms with E-state index in [1.165, 1.54) is 19.1 Å². The van der Waals surface area contributed by atoms with Gasteiger partial charge >= 0.3 is 5.97 Å². The van der Waals surface area contributed by atoms with E-state index in [9.17, 15) is 18.0 Å². The first-order valence-electron chi connectivity index (χ1n) is 8.12. The molecular formula is C17H16N4O5S2. The summed E-state index contributed by atoms with van der Waals surface area (Å²) in [5.41, 5.74) is 1.63. The molecule has 0 radical (unpaired) electrons. The standard InChI is InChI=1S/C17H16N4O5S2/c1-11(21-28(24,25)12-6-3-2-4-7-12)17(23)26-10-15(22)18-13-8-5-9-14-16(13)20-27-19-14/h2-9,11,21H,10H2,1H3,(H,18,22). The fourth-order valence-electron chi connectivity index (χ4n) is 2.30. The predicted octanol–water partition coefficient (Wildman–Crippen LogP) is 1.54. The number of nitrogens with one attached hydrogen (secondary N) is 2. The van der Waals surface area contributed by atoms with Crippen molar-refractivity contribution >= 4 is 50.3 Å². The highest BCUT2D eigenvalue weighted by molar-refractivity contribution is 7.89. The lowest BCUT2D eigenvalue weighted by atomic mass is 10.2. The normalized spacial score (nSPS) is 12.5. The maximum Gasteiger partial charge on any atom is 0.324 e. The first-order chi connectivity index (χ1) is 13.4. The van der Waals surface area contributed by atoms with Gasteiger partial charge in [-0.1, -0.05) is 24.3 Å². The quantitative estimate of drug-likeness (QED) is 0.555. The topological polar surface area (TPSA) is 127 Å². The van der Waals surface area contributed by atoms with Crippen LogP contribution in [-0.4, -0.2) is 41.7 Å². The Morgan fingerprint density at radius 3 is 2.61 bits per heavy atom. The lowest BCUT2D eigenvalue weighted by Gasteiger charge is -2.13. The number of hydrogen-bond donors (Lipinski definition) is 2. The van der Waals surface area contributed by atoms with Crippen molar-refractivity contribution in [2.45, 2.75) is 17.9 Å². The maximum absolute atomic E-state index is 12.2. The first kappa shape index (κ1) is 19.9. The molecule has 0 aliphatic rings. The number of benzene rings is 2. The number of anilines is 1. The molecule has 0 spiro atoms. The number of hydrogen-bond acceptors (Lipinski definition) is 8. The summed E-state index contributed by atoms with van der Waals surface area (Å²) in [5.74, 6) is -1.45. The smallest absolute Gasteiger partial charge is 0.324 e. The average molecular weight is 420 g/mol. The number of amides is 1. The Hall–Kier alpha value is -2.89.